The third-order valence-corrected chi connectivity index (χ3v) is 47.8. The van der Waals surface area contributed by atoms with Crippen molar-refractivity contribution >= 4 is 136 Å². The van der Waals surface area contributed by atoms with Crippen LogP contribution in [-0.4, -0.2) is 83.3 Å². The molecule has 77 heavy (non-hydrogen) atoms. The Morgan fingerprint density at radius 3 is 0.714 bits per heavy atom. The molecule has 0 spiro atoms. The van der Waals surface area contributed by atoms with Crippen LogP contribution >= 0.6 is 20.5 Å². The van der Waals surface area contributed by atoms with E-state index in [1.165, 1.54) is 32.2 Å². The first-order valence-electron chi connectivity index (χ1n) is 24.8. The van der Waals surface area contributed by atoms with E-state index in [1.54, 1.807) is 24.3 Å². The van der Waals surface area contributed by atoms with E-state index in [0.29, 0.717) is 5.56 Å². The van der Waals surface area contributed by atoms with Crippen molar-refractivity contribution in [2.24, 2.45) is 0 Å². The van der Waals surface area contributed by atoms with Gasteiger partial charge in [0.2, 0.25) is 0 Å². The number of carbonyl (C=O) groups excluding carboxylic acids is 2. The molecule has 368 valence electrons. The molecule has 0 N–H and O–H groups in total. The summed E-state index contributed by atoms with van der Waals surface area (Å²) in [5.74, 6) is 0. The first kappa shape index (κ1) is 61.1. The number of rotatable bonds is 12. The zero-order valence-corrected chi connectivity index (χ0v) is 53.4. The van der Waals surface area contributed by atoms with Crippen LogP contribution in [0.2, 0.25) is 0 Å². The van der Waals surface area contributed by atoms with Gasteiger partial charge in [-0.3, -0.25) is 4.79 Å². The van der Waals surface area contributed by atoms with Crippen molar-refractivity contribution in [1.29, 1.82) is 0 Å². The van der Waals surface area contributed by atoms with Crippen molar-refractivity contribution in [2.75, 3.05) is 0 Å². The molecule has 11 aromatic rings. The predicted octanol–water partition coefficient (Wildman–Crippen LogP) is 7.48. The van der Waals surface area contributed by atoms with Crippen LogP contribution in [0.25, 0.3) is 0 Å². The van der Waals surface area contributed by atoms with Gasteiger partial charge in [0.05, 0.1) is 0 Å². The van der Waals surface area contributed by atoms with E-state index in [2.05, 4.69) is 200 Å². The minimum absolute atomic E-state index is 0. The average Bonchev–Trinajstić information content (AvgIpc) is 3.60. The fourth-order valence-corrected chi connectivity index (χ4v) is 40.3. The maximum atomic E-state index is 14.2. The second-order valence-electron chi connectivity index (χ2n) is 17.4. The zero-order valence-electron chi connectivity index (χ0n) is 44.3. The molecule has 0 aliphatic carbocycles. The van der Waals surface area contributed by atoms with Gasteiger partial charge in [-0.1, -0.05) is 30.3 Å². The number of hydrogen-bond acceptors (Lipinski definition) is 2. The van der Waals surface area contributed by atoms with Crippen LogP contribution in [0.1, 0.15) is 22.1 Å². The van der Waals surface area contributed by atoms with Gasteiger partial charge in [-0.15, -0.1) is 0 Å². The van der Waals surface area contributed by atoms with Gasteiger partial charge in [-0.05, 0) is 11.6 Å². The minimum atomic E-state index is -3.94. The molecule has 0 fully saturated rings. The number of benzene rings is 11. The van der Waals surface area contributed by atoms with Crippen molar-refractivity contribution < 1.29 is 29.9 Å². The van der Waals surface area contributed by atoms with Crippen molar-refractivity contribution in [3.63, 3.8) is 0 Å². The van der Waals surface area contributed by atoms with Gasteiger partial charge < -0.3 is 1.43 Å². The van der Waals surface area contributed by atoms with Crippen LogP contribution in [0.4, 0.5) is 0 Å². The summed E-state index contributed by atoms with van der Waals surface area (Å²) in [5, 5.41) is -0.407. The molecule has 0 saturated carbocycles. The van der Waals surface area contributed by atoms with E-state index in [9.17, 15) is 9.59 Å². The quantitative estimate of drug-likeness (QED) is 0.0941. The summed E-state index contributed by atoms with van der Waals surface area (Å²) in [4.78, 5) is 24.6. The van der Waals surface area contributed by atoms with Crippen LogP contribution in [0.5, 0.6) is 0 Å². The second-order valence-corrected chi connectivity index (χ2v) is 47.9. The van der Waals surface area contributed by atoms with Crippen LogP contribution in [0.15, 0.2) is 334 Å². The maximum absolute atomic E-state index is 14.2. The Balaban J connectivity index is 0.000000199. The van der Waals surface area contributed by atoms with E-state index < -0.39 is 60.6 Å². The fourth-order valence-electron chi connectivity index (χ4n) is 9.15. The van der Waals surface area contributed by atoms with E-state index in [0.717, 1.165) is 5.56 Å². The van der Waals surface area contributed by atoms with Gasteiger partial charge >= 0.3 is 433 Å². The summed E-state index contributed by atoms with van der Waals surface area (Å²) in [6.45, 7) is 0. The van der Waals surface area contributed by atoms with Gasteiger partial charge in [0.15, 0.2) is 0 Å². The van der Waals surface area contributed by atoms with Gasteiger partial charge in [0.25, 0.3) is 5.24 Å². The number of halogens is 2. The van der Waals surface area contributed by atoms with Crippen LogP contribution in [-0.2, 0) is 0 Å². The standard InChI is InChI=1S/C7H5ClO.C7H5O.9C6H5.ClH.2Li.3Sn.H/c8-7(9)6-4-2-1-3-5-6;8-6-7-4-2-1-3-5-7;9*1-2-4-6-5-3-1;;;;;;;/h1-5H;1-5H;9*1-5H;1H;;;;;;/q;;;;;;;;;;;;;+1;;;+1;-1/p-1. The molecular weight excluding hydrogens is 1290 g/mol. The predicted molar refractivity (Wildman–Crippen MR) is 332 cm³/mol. The van der Waals surface area contributed by atoms with Gasteiger partial charge in [0, 0.05) is 24.4 Å². The summed E-state index contributed by atoms with van der Waals surface area (Å²) in [5.41, 5.74) is 1.34. The molecule has 2 radical (unpaired) electrons. The summed E-state index contributed by atoms with van der Waals surface area (Å²) in [6, 6.07) is 114. The molecule has 11 aromatic carbocycles. The molecule has 0 aromatic heterocycles. The van der Waals surface area contributed by atoms with Crippen LogP contribution in [0.3, 0.4) is 0 Å². The van der Waals surface area contributed by atoms with E-state index in [4.69, 9.17) is 20.5 Å². The second kappa shape index (κ2) is 32.1. The summed E-state index contributed by atoms with van der Waals surface area (Å²) < 4.78 is 12.3. The van der Waals surface area contributed by atoms with Crippen molar-refractivity contribution in [3.8, 4) is 0 Å². The van der Waals surface area contributed by atoms with Gasteiger partial charge in [-0.2, -0.15) is 0 Å². The van der Waals surface area contributed by atoms with E-state index >= 15 is 0 Å². The Morgan fingerprint density at radius 1 is 0.299 bits per heavy atom. The summed E-state index contributed by atoms with van der Waals surface area (Å²) >= 11 is -4.06. The van der Waals surface area contributed by atoms with Crippen LogP contribution < -0.4 is 51.1 Å². The molecule has 0 amide bonds. The normalized spacial score (nSPS) is 10.5. The topological polar surface area (TPSA) is 34.1 Å². The molecule has 0 saturated heterocycles. The average molecular weight is 1350 g/mol. The zero-order chi connectivity index (χ0) is 52.0. The first-order valence-corrected chi connectivity index (χ1v) is 43.1. The number of hydrogen-bond donors (Lipinski definition) is 0. The summed E-state index contributed by atoms with van der Waals surface area (Å²) in [6.07, 6.45) is 0. The molecule has 9 heteroatoms. The Bertz CT molecular complexity index is 3120. The van der Waals surface area contributed by atoms with E-state index in [1.807, 2.05) is 109 Å². The van der Waals surface area contributed by atoms with E-state index in [-0.39, 0.29) is 42.9 Å². The molecule has 0 aliphatic heterocycles. The first-order chi connectivity index (χ1) is 36.9. The van der Waals surface area contributed by atoms with Crippen molar-refractivity contribution in [3.05, 3.63) is 345 Å². The molecule has 0 unspecified atom stereocenters. The SMILES string of the molecule is O=C(Cl)c1ccccc1.O=[C](c1ccccc1)[Sn]([c]1ccccc1)([c]1ccccc1)[c]1ccccc1.[Cl][Sn]([c]1ccccc1)([c]1ccccc1)[c]1ccccc1.[H-].[Li+].[Li].c1cc[c]([Sn]([c]2ccccc2)[c]2ccccc2)cc1. The molecule has 0 heterocycles. The Labute approximate surface area is 504 Å². The van der Waals surface area contributed by atoms with Crippen molar-refractivity contribution in [2.45, 2.75) is 0 Å². The van der Waals surface area contributed by atoms with Gasteiger partial charge in [0.1, 0.15) is 0 Å². The Morgan fingerprint density at radius 2 is 0.494 bits per heavy atom. The molecule has 2 nitrogen and oxygen atoms in total. The van der Waals surface area contributed by atoms with Crippen molar-refractivity contribution in [1.82, 2.24) is 0 Å². The fraction of sp³-hybridized carbons (Fsp3) is 0. The third kappa shape index (κ3) is 16.0. The number of carbonyl (C=O) groups is 2. The van der Waals surface area contributed by atoms with Crippen LogP contribution in [0, 0.1) is 0 Å². The third-order valence-electron chi connectivity index (χ3n) is 12.7. The Kier molecular flexibility index (Phi) is 25.5. The summed E-state index contributed by atoms with van der Waals surface area (Å²) in [7, 11) is 7.33. The molecule has 11 rings (SSSR count). The monoisotopic (exact) mass is 1350 g/mol. The Hall–Kier alpha value is -5.07. The molecule has 0 atom stereocenters. The molecular formula is C68H56Cl2Li2O2Sn3. The molecule has 0 bridgehead atoms. The molecule has 0 aliphatic rings. The van der Waals surface area contributed by atoms with Gasteiger partial charge in [-0.25, -0.2) is 0 Å².